The van der Waals surface area contributed by atoms with E-state index in [1.165, 1.54) is 6.92 Å². The molecule has 0 aliphatic rings. The maximum absolute atomic E-state index is 11.9. The van der Waals surface area contributed by atoms with Gasteiger partial charge in [-0.1, -0.05) is 0 Å². The van der Waals surface area contributed by atoms with Crippen LogP contribution in [-0.4, -0.2) is 31.5 Å². The summed E-state index contributed by atoms with van der Waals surface area (Å²) in [6, 6.07) is 0. The number of methoxy groups -OCH3 is 1. The molecule has 0 fully saturated rings. The summed E-state index contributed by atoms with van der Waals surface area (Å²) in [5, 5.41) is 0. The molecule has 0 heterocycles. The van der Waals surface area contributed by atoms with E-state index in [1.807, 2.05) is 0 Å². The molecule has 0 saturated heterocycles. The molecule has 0 N–H and O–H groups in total. The number of hydrogen-bond donors (Lipinski definition) is 0. The van der Waals surface area contributed by atoms with E-state index in [-0.39, 0.29) is 0 Å². The van der Waals surface area contributed by atoms with E-state index in [0.717, 1.165) is 14.0 Å². The van der Waals surface area contributed by atoms with Crippen molar-refractivity contribution in [2.75, 3.05) is 7.11 Å². The van der Waals surface area contributed by atoms with Crippen LogP contribution in [0, 0.1) is 0 Å². The largest absolute Gasteiger partial charge is 0.467 e. The molecule has 0 spiro atoms. The lowest BCUT2D eigenvalue weighted by atomic mass is 10.3. The maximum atomic E-state index is 11.9. The van der Waals surface area contributed by atoms with Crippen molar-refractivity contribution in [1.82, 2.24) is 0 Å². The Balaban J connectivity index is 4.06. The number of alkyl halides is 3. The van der Waals surface area contributed by atoms with Crippen LogP contribution in [0.25, 0.3) is 0 Å². The van der Waals surface area contributed by atoms with Crippen LogP contribution in [0.1, 0.15) is 13.8 Å². The molecule has 0 bridgehead atoms. The third-order valence-corrected chi connectivity index (χ3v) is 1.40. The van der Waals surface area contributed by atoms with E-state index in [0.29, 0.717) is 0 Å². The van der Waals surface area contributed by atoms with Gasteiger partial charge in [0.1, 0.15) is 0 Å². The van der Waals surface area contributed by atoms with Gasteiger partial charge in [0.05, 0.1) is 7.11 Å². The van der Waals surface area contributed by atoms with Gasteiger partial charge >= 0.3 is 12.1 Å². The van der Waals surface area contributed by atoms with Crippen LogP contribution in [-0.2, 0) is 14.3 Å². The number of carbonyl (C=O) groups is 1. The Kier molecular flexibility index (Phi) is 4.19. The van der Waals surface area contributed by atoms with Gasteiger partial charge in [-0.25, -0.2) is 4.79 Å². The summed E-state index contributed by atoms with van der Waals surface area (Å²) >= 11 is 0. The van der Waals surface area contributed by atoms with Gasteiger partial charge in [-0.05, 0) is 13.8 Å². The first-order valence-corrected chi connectivity index (χ1v) is 3.59. The van der Waals surface area contributed by atoms with Crippen molar-refractivity contribution >= 4 is 5.97 Å². The molecule has 0 aliphatic carbocycles. The second kappa shape index (κ2) is 4.45. The molecule has 0 aromatic rings. The topological polar surface area (TPSA) is 35.5 Å². The monoisotopic (exact) mass is 200 g/mol. The maximum Gasteiger partial charge on any atom is 0.414 e. The Morgan fingerprint density at radius 1 is 1.31 bits per heavy atom. The van der Waals surface area contributed by atoms with Gasteiger partial charge < -0.3 is 9.47 Å². The Morgan fingerprint density at radius 2 is 1.77 bits per heavy atom. The highest BCUT2D eigenvalue weighted by Crippen LogP contribution is 2.23. The average molecular weight is 200 g/mol. The minimum Gasteiger partial charge on any atom is -0.467 e. The standard InChI is InChI=1S/C7H11F3O3/c1-4(6(11)12-3)13-5(2)7(8,9)10/h4-5H,1-3H3/t4-,5?/m0/s1. The minimum absolute atomic E-state index is 0.823. The third-order valence-electron chi connectivity index (χ3n) is 1.40. The zero-order valence-electron chi connectivity index (χ0n) is 7.51. The normalized spacial score (nSPS) is 16.5. The van der Waals surface area contributed by atoms with Crippen LogP contribution in [0.5, 0.6) is 0 Å². The minimum atomic E-state index is -4.46. The fourth-order valence-electron chi connectivity index (χ4n) is 0.605. The van der Waals surface area contributed by atoms with Crippen molar-refractivity contribution in [2.24, 2.45) is 0 Å². The highest BCUT2D eigenvalue weighted by Gasteiger charge is 2.38. The Labute approximate surface area is 73.8 Å². The number of rotatable bonds is 3. The summed E-state index contributed by atoms with van der Waals surface area (Å²) in [5.41, 5.74) is 0. The smallest absolute Gasteiger partial charge is 0.414 e. The molecule has 1 unspecified atom stereocenters. The van der Waals surface area contributed by atoms with Crippen molar-refractivity contribution in [3.8, 4) is 0 Å². The summed E-state index contributed by atoms with van der Waals surface area (Å²) in [6.45, 7) is 2.04. The van der Waals surface area contributed by atoms with Crippen LogP contribution < -0.4 is 0 Å². The first-order valence-electron chi connectivity index (χ1n) is 3.59. The zero-order chi connectivity index (χ0) is 10.6. The third kappa shape index (κ3) is 4.12. The summed E-state index contributed by atoms with van der Waals surface area (Å²) in [6.07, 6.45) is -7.63. The summed E-state index contributed by atoms with van der Waals surface area (Å²) in [5.74, 6) is -0.823. The molecule has 0 aliphatic heterocycles. The van der Waals surface area contributed by atoms with E-state index in [1.54, 1.807) is 0 Å². The number of esters is 1. The number of hydrogen-bond acceptors (Lipinski definition) is 3. The quantitative estimate of drug-likeness (QED) is 0.648. The Bertz CT molecular complexity index is 178. The van der Waals surface area contributed by atoms with Gasteiger partial charge in [-0.2, -0.15) is 13.2 Å². The Morgan fingerprint density at radius 3 is 2.08 bits per heavy atom. The molecule has 2 atom stereocenters. The van der Waals surface area contributed by atoms with E-state index >= 15 is 0 Å². The molecule has 0 aromatic heterocycles. The molecule has 6 heteroatoms. The fraction of sp³-hybridized carbons (Fsp3) is 0.857. The molecule has 0 saturated carbocycles. The van der Waals surface area contributed by atoms with Crippen LogP contribution >= 0.6 is 0 Å². The van der Waals surface area contributed by atoms with E-state index in [4.69, 9.17) is 0 Å². The van der Waals surface area contributed by atoms with E-state index < -0.39 is 24.4 Å². The van der Waals surface area contributed by atoms with Gasteiger partial charge in [0, 0.05) is 0 Å². The number of ether oxygens (including phenoxy) is 2. The first-order chi connectivity index (χ1) is 5.79. The van der Waals surface area contributed by atoms with Gasteiger partial charge in [0.2, 0.25) is 0 Å². The van der Waals surface area contributed by atoms with Gasteiger partial charge in [0.15, 0.2) is 12.2 Å². The van der Waals surface area contributed by atoms with Gasteiger partial charge in [0.25, 0.3) is 0 Å². The van der Waals surface area contributed by atoms with E-state index in [9.17, 15) is 18.0 Å². The molecule has 0 aromatic carbocycles. The highest BCUT2D eigenvalue weighted by atomic mass is 19.4. The van der Waals surface area contributed by atoms with Crippen molar-refractivity contribution < 1.29 is 27.4 Å². The Hall–Kier alpha value is -0.780. The summed E-state index contributed by atoms with van der Waals surface area (Å²) in [4.78, 5) is 10.7. The van der Waals surface area contributed by atoms with Crippen LogP contribution in [0.15, 0.2) is 0 Å². The second-order valence-electron chi connectivity index (χ2n) is 2.49. The SMILES string of the molecule is COC(=O)[C@H](C)OC(C)C(F)(F)F. The molecule has 78 valence electrons. The molecular weight excluding hydrogens is 189 g/mol. The van der Waals surface area contributed by atoms with Crippen molar-refractivity contribution in [2.45, 2.75) is 32.2 Å². The molecular formula is C7H11F3O3. The van der Waals surface area contributed by atoms with Crippen LogP contribution in [0.2, 0.25) is 0 Å². The van der Waals surface area contributed by atoms with Crippen LogP contribution in [0.4, 0.5) is 13.2 Å². The highest BCUT2D eigenvalue weighted by molar-refractivity contribution is 5.73. The molecule has 0 rings (SSSR count). The number of halogens is 3. The summed E-state index contributed by atoms with van der Waals surface area (Å²) < 4.78 is 44.3. The fourth-order valence-corrected chi connectivity index (χ4v) is 0.605. The molecule has 3 nitrogen and oxygen atoms in total. The van der Waals surface area contributed by atoms with E-state index in [2.05, 4.69) is 9.47 Å². The van der Waals surface area contributed by atoms with Crippen molar-refractivity contribution in [3.63, 3.8) is 0 Å². The zero-order valence-corrected chi connectivity index (χ0v) is 7.51. The summed E-state index contributed by atoms with van der Waals surface area (Å²) in [7, 11) is 1.08. The van der Waals surface area contributed by atoms with Gasteiger partial charge in [-0.15, -0.1) is 0 Å². The lowest BCUT2D eigenvalue weighted by Crippen LogP contribution is -2.35. The predicted octanol–water partition coefficient (Wildman–Crippen LogP) is 1.52. The molecule has 13 heavy (non-hydrogen) atoms. The predicted molar refractivity (Wildman–Crippen MR) is 38.1 cm³/mol. The molecule has 0 amide bonds. The lowest BCUT2D eigenvalue weighted by Gasteiger charge is -2.19. The average Bonchev–Trinajstić information content (AvgIpc) is 2.01. The van der Waals surface area contributed by atoms with Gasteiger partial charge in [-0.3, -0.25) is 0 Å². The second-order valence-corrected chi connectivity index (χ2v) is 2.49. The van der Waals surface area contributed by atoms with Crippen LogP contribution in [0.3, 0.4) is 0 Å². The lowest BCUT2D eigenvalue weighted by molar-refractivity contribution is -0.227. The number of carbonyl (C=O) groups excluding carboxylic acids is 1. The first kappa shape index (κ1) is 12.2. The molecule has 0 radical (unpaired) electrons. The van der Waals surface area contributed by atoms with Crippen molar-refractivity contribution in [1.29, 1.82) is 0 Å². The van der Waals surface area contributed by atoms with Crippen molar-refractivity contribution in [3.05, 3.63) is 0 Å².